The summed E-state index contributed by atoms with van der Waals surface area (Å²) in [4.78, 5) is 12.5. The summed E-state index contributed by atoms with van der Waals surface area (Å²) in [6.07, 6.45) is -4.56. The second-order valence-electron chi connectivity index (χ2n) is 5.69. The van der Waals surface area contributed by atoms with Gasteiger partial charge < -0.3 is 4.57 Å². The largest absolute Gasteiger partial charge is 0.451 e. The minimum absolute atomic E-state index is 0.00656. The molecule has 2 aromatic rings. The van der Waals surface area contributed by atoms with Crippen molar-refractivity contribution >= 4 is 17.5 Å². The first-order valence-corrected chi connectivity index (χ1v) is 8.22. The zero-order valence-corrected chi connectivity index (χ0v) is 14.9. The Morgan fingerprint density at radius 3 is 2.29 bits per heavy atom. The van der Waals surface area contributed by atoms with Crippen LogP contribution in [-0.2, 0) is 13.2 Å². The van der Waals surface area contributed by atoms with Crippen LogP contribution in [0.4, 0.5) is 13.2 Å². The Labute approximate surface area is 142 Å². The van der Waals surface area contributed by atoms with Gasteiger partial charge in [0.25, 0.3) is 0 Å². The number of benzene rings is 1. The average Bonchev–Trinajstić information content (AvgIpc) is 2.87. The van der Waals surface area contributed by atoms with Crippen LogP contribution in [0, 0.1) is 27.7 Å². The molecule has 0 fully saturated rings. The van der Waals surface area contributed by atoms with E-state index in [1.54, 1.807) is 0 Å². The van der Waals surface area contributed by atoms with Crippen molar-refractivity contribution in [1.82, 2.24) is 14.8 Å². The first-order valence-electron chi connectivity index (χ1n) is 7.24. The molecule has 4 nitrogen and oxygen atoms in total. The smallest absolute Gasteiger partial charge is 0.302 e. The van der Waals surface area contributed by atoms with Crippen LogP contribution in [0.2, 0.25) is 0 Å². The fraction of sp³-hybridized carbons (Fsp3) is 0.438. The molecule has 1 heterocycles. The lowest BCUT2D eigenvalue weighted by Crippen LogP contribution is -2.13. The van der Waals surface area contributed by atoms with Crippen LogP contribution >= 0.6 is 11.8 Å². The number of rotatable bonds is 4. The molecule has 2 rings (SSSR count). The van der Waals surface area contributed by atoms with E-state index in [4.69, 9.17) is 0 Å². The van der Waals surface area contributed by atoms with Gasteiger partial charge in [-0.05, 0) is 56.0 Å². The van der Waals surface area contributed by atoms with Crippen LogP contribution in [0.1, 0.15) is 38.4 Å². The van der Waals surface area contributed by atoms with E-state index < -0.39 is 12.0 Å². The molecule has 0 bridgehead atoms. The number of alkyl halides is 3. The number of aryl methyl sites for hydroxylation is 1. The summed E-state index contributed by atoms with van der Waals surface area (Å²) in [6, 6.07) is 1.83. The summed E-state index contributed by atoms with van der Waals surface area (Å²) in [5, 5.41) is 6.74. The van der Waals surface area contributed by atoms with Crippen molar-refractivity contribution in [1.29, 1.82) is 0 Å². The van der Waals surface area contributed by atoms with Crippen LogP contribution in [-0.4, -0.2) is 26.3 Å². The van der Waals surface area contributed by atoms with E-state index in [0.717, 1.165) is 38.6 Å². The van der Waals surface area contributed by atoms with Crippen molar-refractivity contribution in [2.24, 2.45) is 7.05 Å². The van der Waals surface area contributed by atoms with Gasteiger partial charge in [-0.25, -0.2) is 0 Å². The lowest BCUT2D eigenvalue weighted by Gasteiger charge is -2.13. The van der Waals surface area contributed by atoms with Crippen LogP contribution in [0.25, 0.3) is 0 Å². The number of ketones is 1. The fourth-order valence-electron chi connectivity index (χ4n) is 2.40. The number of thioether (sulfide) groups is 1. The Kier molecular flexibility index (Phi) is 5.08. The Hall–Kier alpha value is -1.83. The van der Waals surface area contributed by atoms with Crippen molar-refractivity contribution < 1.29 is 18.0 Å². The predicted octanol–water partition coefficient (Wildman–Crippen LogP) is 4.04. The minimum Gasteiger partial charge on any atom is -0.302 e. The molecule has 8 heteroatoms. The number of aromatic nitrogens is 3. The van der Waals surface area contributed by atoms with E-state index in [1.807, 2.05) is 33.8 Å². The molecule has 24 heavy (non-hydrogen) atoms. The lowest BCUT2D eigenvalue weighted by molar-refractivity contribution is -0.147. The first kappa shape index (κ1) is 18.5. The van der Waals surface area contributed by atoms with Gasteiger partial charge in [0.1, 0.15) is 0 Å². The zero-order valence-electron chi connectivity index (χ0n) is 14.1. The number of Topliss-reactive ketones (excluding diaryl/α,β-unsaturated/α-hetero) is 1. The SMILES string of the molecule is Cc1cc(C(=O)CSc2nnc(C(F)(F)F)n2C)c(C)c(C)c1C. The molecule has 0 atom stereocenters. The Balaban J connectivity index is 2.20. The van der Waals surface area contributed by atoms with E-state index in [1.165, 1.54) is 7.05 Å². The standard InChI is InChI=1S/C16H18F3N3OS/c1-8-6-12(11(4)10(3)9(8)2)13(23)7-24-15-21-20-14(22(15)5)16(17,18)19/h6H,7H2,1-5H3. The van der Waals surface area contributed by atoms with E-state index in [2.05, 4.69) is 10.2 Å². The first-order chi connectivity index (χ1) is 11.0. The van der Waals surface area contributed by atoms with Gasteiger partial charge in [-0.1, -0.05) is 11.8 Å². The van der Waals surface area contributed by atoms with E-state index in [9.17, 15) is 18.0 Å². The number of hydrogen-bond acceptors (Lipinski definition) is 4. The van der Waals surface area contributed by atoms with Crippen LogP contribution < -0.4 is 0 Å². The van der Waals surface area contributed by atoms with Crippen molar-refractivity contribution in [2.75, 3.05) is 5.75 Å². The highest BCUT2D eigenvalue weighted by atomic mass is 32.2. The molecule has 0 spiro atoms. The molecule has 0 unspecified atom stereocenters. The van der Waals surface area contributed by atoms with Crippen molar-refractivity contribution in [3.8, 4) is 0 Å². The molecule has 0 aliphatic heterocycles. The average molecular weight is 357 g/mol. The fourth-order valence-corrected chi connectivity index (χ4v) is 3.19. The Bertz CT molecular complexity index is 797. The maximum atomic E-state index is 12.7. The highest BCUT2D eigenvalue weighted by Gasteiger charge is 2.37. The number of carbonyl (C=O) groups excluding carboxylic acids is 1. The molecule has 0 radical (unpaired) electrons. The summed E-state index contributed by atoms with van der Waals surface area (Å²) in [7, 11) is 1.24. The van der Waals surface area contributed by atoms with Crippen molar-refractivity contribution in [3.63, 3.8) is 0 Å². The summed E-state index contributed by atoms with van der Waals surface area (Å²) < 4.78 is 39.0. The Morgan fingerprint density at radius 2 is 1.75 bits per heavy atom. The summed E-state index contributed by atoms with van der Waals surface area (Å²) in [5.74, 6) is -1.21. The molecule has 0 aliphatic carbocycles. The maximum Gasteiger partial charge on any atom is 0.451 e. The molecule has 0 N–H and O–H groups in total. The monoisotopic (exact) mass is 357 g/mol. The van der Waals surface area contributed by atoms with Crippen LogP contribution in [0.5, 0.6) is 0 Å². The molecule has 1 aromatic carbocycles. The summed E-state index contributed by atoms with van der Waals surface area (Å²) in [5.41, 5.74) is 4.71. The van der Waals surface area contributed by atoms with Crippen LogP contribution in [0.3, 0.4) is 0 Å². The highest BCUT2D eigenvalue weighted by Crippen LogP contribution is 2.30. The Morgan fingerprint density at radius 1 is 1.12 bits per heavy atom. The third-order valence-electron chi connectivity index (χ3n) is 4.20. The van der Waals surface area contributed by atoms with Crippen LogP contribution in [0.15, 0.2) is 11.2 Å². The number of carbonyl (C=O) groups is 1. The summed E-state index contributed by atoms with van der Waals surface area (Å²) in [6.45, 7) is 7.77. The van der Waals surface area contributed by atoms with Gasteiger partial charge in [-0.3, -0.25) is 4.79 Å². The predicted molar refractivity (Wildman–Crippen MR) is 86.4 cm³/mol. The molecule has 0 saturated carbocycles. The number of halogens is 3. The molecule has 1 aromatic heterocycles. The number of nitrogens with zero attached hydrogens (tertiary/aromatic N) is 3. The van der Waals surface area contributed by atoms with Crippen molar-refractivity contribution in [2.45, 2.75) is 39.0 Å². The number of hydrogen-bond donors (Lipinski definition) is 0. The topological polar surface area (TPSA) is 47.8 Å². The van der Waals surface area contributed by atoms with Gasteiger partial charge in [0, 0.05) is 12.6 Å². The van der Waals surface area contributed by atoms with Crippen molar-refractivity contribution in [3.05, 3.63) is 39.7 Å². The van der Waals surface area contributed by atoms with Gasteiger partial charge in [-0.15, -0.1) is 10.2 Å². The van der Waals surface area contributed by atoms with E-state index in [0.29, 0.717) is 5.56 Å². The second kappa shape index (κ2) is 6.58. The third-order valence-corrected chi connectivity index (χ3v) is 5.22. The maximum absolute atomic E-state index is 12.7. The normalized spacial score (nSPS) is 11.8. The minimum atomic E-state index is -4.56. The molecular formula is C16H18F3N3OS. The van der Waals surface area contributed by atoms with Gasteiger partial charge in [0.2, 0.25) is 5.82 Å². The zero-order chi connectivity index (χ0) is 18.2. The van der Waals surface area contributed by atoms with E-state index >= 15 is 0 Å². The lowest BCUT2D eigenvalue weighted by atomic mass is 9.93. The van der Waals surface area contributed by atoms with E-state index in [-0.39, 0.29) is 16.7 Å². The molecule has 0 aliphatic rings. The third kappa shape index (κ3) is 3.48. The van der Waals surface area contributed by atoms with Gasteiger partial charge >= 0.3 is 6.18 Å². The molecular weight excluding hydrogens is 339 g/mol. The molecule has 0 amide bonds. The summed E-state index contributed by atoms with van der Waals surface area (Å²) >= 11 is 0.951. The van der Waals surface area contributed by atoms with Gasteiger partial charge in [0.15, 0.2) is 10.9 Å². The van der Waals surface area contributed by atoms with Gasteiger partial charge in [0.05, 0.1) is 5.75 Å². The molecule has 0 saturated heterocycles. The highest BCUT2D eigenvalue weighted by molar-refractivity contribution is 7.99. The second-order valence-corrected chi connectivity index (χ2v) is 6.63. The van der Waals surface area contributed by atoms with Gasteiger partial charge in [-0.2, -0.15) is 13.2 Å². The quantitative estimate of drug-likeness (QED) is 0.612. The molecule has 130 valence electrons.